The number of benzene rings is 1. The molecule has 0 bridgehead atoms. The second-order valence-corrected chi connectivity index (χ2v) is 7.26. The Morgan fingerprint density at radius 3 is 2.50 bits per heavy atom. The van der Waals surface area contributed by atoms with E-state index in [9.17, 15) is 13.5 Å². The van der Waals surface area contributed by atoms with Crippen molar-refractivity contribution in [2.45, 2.75) is 31.3 Å². The van der Waals surface area contributed by atoms with E-state index >= 15 is 0 Å². The van der Waals surface area contributed by atoms with Crippen molar-refractivity contribution in [3.8, 4) is 0 Å². The normalized spacial score (nSPS) is 23.9. The van der Waals surface area contributed by atoms with Crippen molar-refractivity contribution >= 4 is 10.0 Å². The summed E-state index contributed by atoms with van der Waals surface area (Å²) in [5.41, 5.74) is 1.92. The van der Waals surface area contributed by atoms with Gasteiger partial charge in [0.2, 0.25) is 10.0 Å². The third-order valence-corrected chi connectivity index (χ3v) is 5.74. The van der Waals surface area contributed by atoms with Gasteiger partial charge in [-0.05, 0) is 25.5 Å². The summed E-state index contributed by atoms with van der Waals surface area (Å²) in [6, 6.07) is 6.78. The summed E-state index contributed by atoms with van der Waals surface area (Å²) in [6.45, 7) is 8.25. The van der Waals surface area contributed by atoms with E-state index < -0.39 is 16.1 Å². The van der Waals surface area contributed by atoms with Crippen molar-refractivity contribution in [1.82, 2.24) is 4.31 Å². The Morgan fingerprint density at radius 2 is 1.95 bits per heavy atom. The Hall–Kier alpha value is -1.17. The van der Waals surface area contributed by atoms with Crippen molar-refractivity contribution in [3.63, 3.8) is 0 Å². The lowest BCUT2D eigenvalue weighted by atomic mass is 9.96. The lowest BCUT2D eigenvalue weighted by Crippen LogP contribution is -2.29. The molecule has 0 saturated carbocycles. The molecule has 1 aliphatic heterocycles. The third kappa shape index (κ3) is 2.80. The third-order valence-electron chi connectivity index (χ3n) is 3.89. The lowest BCUT2D eigenvalue weighted by Gasteiger charge is -2.17. The van der Waals surface area contributed by atoms with Crippen molar-refractivity contribution in [3.05, 3.63) is 42.0 Å². The molecule has 1 saturated heterocycles. The van der Waals surface area contributed by atoms with Crippen LogP contribution < -0.4 is 0 Å². The van der Waals surface area contributed by atoms with E-state index in [2.05, 4.69) is 6.58 Å². The van der Waals surface area contributed by atoms with Gasteiger partial charge in [-0.15, -0.1) is 0 Å². The van der Waals surface area contributed by atoms with Crippen molar-refractivity contribution < 1.29 is 13.5 Å². The molecule has 1 fully saturated rings. The Balaban J connectivity index is 2.24. The molecule has 4 nitrogen and oxygen atoms in total. The first-order chi connectivity index (χ1) is 9.36. The summed E-state index contributed by atoms with van der Waals surface area (Å²) in [5, 5.41) is 10.0. The maximum Gasteiger partial charge on any atom is 0.243 e. The maximum atomic E-state index is 12.5. The molecule has 1 N–H and O–H groups in total. The van der Waals surface area contributed by atoms with Crippen molar-refractivity contribution in [2.24, 2.45) is 5.92 Å². The summed E-state index contributed by atoms with van der Waals surface area (Å²) >= 11 is 0. The van der Waals surface area contributed by atoms with Crippen LogP contribution in [0.5, 0.6) is 0 Å². The zero-order valence-electron chi connectivity index (χ0n) is 11.9. The fourth-order valence-electron chi connectivity index (χ4n) is 2.47. The number of sulfonamides is 1. The molecule has 0 amide bonds. The van der Waals surface area contributed by atoms with Crippen molar-refractivity contribution in [1.29, 1.82) is 0 Å². The highest BCUT2D eigenvalue weighted by Crippen LogP contribution is 2.29. The Labute approximate surface area is 120 Å². The number of aryl methyl sites for hydroxylation is 1. The molecular formula is C15H21NO3S. The topological polar surface area (TPSA) is 57.6 Å². The van der Waals surface area contributed by atoms with Crippen LogP contribution in [-0.4, -0.2) is 37.0 Å². The minimum Gasteiger partial charge on any atom is -0.391 e. The number of aliphatic hydroxyl groups excluding tert-OH is 1. The quantitative estimate of drug-likeness (QED) is 0.864. The monoisotopic (exact) mass is 295 g/mol. The molecule has 2 rings (SSSR count). The summed E-state index contributed by atoms with van der Waals surface area (Å²) in [7, 11) is -3.53. The first-order valence-corrected chi connectivity index (χ1v) is 8.22. The molecule has 1 heterocycles. The van der Waals surface area contributed by atoms with Crippen LogP contribution in [0.25, 0.3) is 0 Å². The molecule has 0 radical (unpaired) electrons. The van der Waals surface area contributed by atoms with E-state index in [0.717, 1.165) is 17.6 Å². The van der Waals surface area contributed by atoms with Gasteiger partial charge in [0, 0.05) is 19.0 Å². The fraction of sp³-hybridized carbons (Fsp3) is 0.467. The van der Waals surface area contributed by atoms with E-state index in [4.69, 9.17) is 0 Å². The van der Waals surface area contributed by atoms with E-state index in [1.807, 2.05) is 13.8 Å². The molecule has 0 aromatic heterocycles. The molecule has 0 aliphatic carbocycles. The highest BCUT2D eigenvalue weighted by atomic mass is 32.2. The van der Waals surface area contributed by atoms with Crippen LogP contribution >= 0.6 is 0 Å². The molecule has 1 aromatic carbocycles. The van der Waals surface area contributed by atoms with Crippen LogP contribution in [0.2, 0.25) is 0 Å². The van der Waals surface area contributed by atoms with E-state index in [-0.39, 0.29) is 17.4 Å². The van der Waals surface area contributed by atoms with Crippen LogP contribution in [0.4, 0.5) is 0 Å². The van der Waals surface area contributed by atoms with Gasteiger partial charge >= 0.3 is 0 Å². The first-order valence-electron chi connectivity index (χ1n) is 6.78. The number of β-amino-alcohol motifs (C(OH)–C–C–N with tert-alkyl or cyclic N) is 1. The fourth-order valence-corrected chi connectivity index (χ4v) is 3.95. The van der Waals surface area contributed by atoms with Crippen LogP contribution in [0.15, 0.2) is 41.3 Å². The van der Waals surface area contributed by atoms with Gasteiger partial charge in [0.25, 0.3) is 0 Å². The molecule has 5 heteroatoms. The van der Waals surface area contributed by atoms with E-state index in [0.29, 0.717) is 6.54 Å². The first kappa shape index (κ1) is 15.2. The number of aliphatic hydroxyl groups is 1. The molecule has 1 aromatic rings. The predicted molar refractivity (Wildman–Crippen MR) is 78.9 cm³/mol. The zero-order chi connectivity index (χ0) is 14.9. The highest BCUT2D eigenvalue weighted by Gasteiger charge is 2.39. The number of hydrogen-bond acceptors (Lipinski definition) is 3. The summed E-state index contributed by atoms with van der Waals surface area (Å²) in [6.07, 6.45) is 0.0860. The SMILES string of the molecule is C=C(CC)[C@H]1CN(S(=O)(=O)c2ccc(C)cc2)C[C@H]1O. The average molecular weight is 295 g/mol. The van der Waals surface area contributed by atoms with Gasteiger partial charge in [-0.25, -0.2) is 8.42 Å². The smallest absolute Gasteiger partial charge is 0.243 e. The molecular weight excluding hydrogens is 274 g/mol. The van der Waals surface area contributed by atoms with Gasteiger partial charge in [-0.3, -0.25) is 0 Å². The van der Waals surface area contributed by atoms with E-state index in [1.54, 1.807) is 24.3 Å². The summed E-state index contributed by atoms with van der Waals surface area (Å²) < 4.78 is 26.4. The van der Waals surface area contributed by atoms with Gasteiger partial charge in [0.1, 0.15) is 0 Å². The second kappa shape index (κ2) is 5.68. The maximum absolute atomic E-state index is 12.5. The van der Waals surface area contributed by atoms with Gasteiger partial charge in [-0.2, -0.15) is 4.31 Å². The van der Waals surface area contributed by atoms with Crippen LogP contribution in [-0.2, 0) is 10.0 Å². The molecule has 0 unspecified atom stereocenters. The van der Waals surface area contributed by atoms with E-state index in [1.165, 1.54) is 4.31 Å². The van der Waals surface area contributed by atoms with Crippen LogP contribution in [0.1, 0.15) is 18.9 Å². The van der Waals surface area contributed by atoms with Gasteiger partial charge in [0.05, 0.1) is 11.0 Å². The number of nitrogens with zero attached hydrogens (tertiary/aromatic N) is 1. The summed E-state index contributed by atoms with van der Waals surface area (Å²) in [4.78, 5) is 0.276. The molecule has 2 atom stereocenters. The van der Waals surface area contributed by atoms with Crippen LogP contribution in [0, 0.1) is 12.8 Å². The zero-order valence-corrected chi connectivity index (χ0v) is 12.7. The van der Waals surface area contributed by atoms with Crippen LogP contribution in [0.3, 0.4) is 0 Å². The highest BCUT2D eigenvalue weighted by molar-refractivity contribution is 7.89. The standard InChI is InChI=1S/C15H21NO3S/c1-4-12(3)14-9-16(10-15(14)17)20(18,19)13-7-5-11(2)6-8-13/h5-8,14-15,17H,3-4,9-10H2,1-2H3/t14-,15-/m1/s1. The van der Waals surface area contributed by atoms with Gasteiger partial charge in [-0.1, -0.05) is 36.8 Å². The van der Waals surface area contributed by atoms with Gasteiger partial charge in [0.15, 0.2) is 0 Å². The van der Waals surface area contributed by atoms with Gasteiger partial charge < -0.3 is 5.11 Å². The average Bonchev–Trinajstić information content (AvgIpc) is 2.81. The Bertz CT molecular complexity index is 592. The molecule has 110 valence electrons. The molecule has 0 spiro atoms. The largest absolute Gasteiger partial charge is 0.391 e. The van der Waals surface area contributed by atoms with Crippen molar-refractivity contribution in [2.75, 3.05) is 13.1 Å². The molecule has 1 aliphatic rings. The lowest BCUT2D eigenvalue weighted by molar-refractivity contribution is 0.158. The second-order valence-electron chi connectivity index (χ2n) is 5.32. The summed E-state index contributed by atoms with van der Waals surface area (Å²) in [5.74, 6) is -0.166. The number of rotatable bonds is 4. The Kier molecular flexibility index (Phi) is 4.32. The minimum atomic E-state index is -3.53. The number of hydrogen-bond donors (Lipinski definition) is 1. The predicted octanol–water partition coefficient (Wildman–Crippen LogP) is 1.94. The Morgan fingerprint density at radius 1 is 1.35 bits per heavy atom. The molecule has 20 heavy (non-hydrogen) atoms. The minimum absolute atomic E-state index is 0.139.